The van der Waals surface area contributed by atoms with Gasteiger partial charge in [0.25, 0.3) is 0 Å². The minimum atomic E-state index is -4.49. The molecule has 1 heterocycles. The van der Waals surface area contributed by atoms with Crippen LogP contribution in [0.25, 0.3) is 0 Å². The molecule has 0 aromatic heterocycles. The zero-order chi connectivity index (χ0) is 24.6. The largest absolute Gasteiger partial charge is 0.466 e. The van der Waals surface area contributed by atoms with Gasteiger partial charge < -0.3 is 19.1 Å². The lowest BCUT2D eigenvalue weighted by Crippen LogP contribution is -2.36. The average Bonchev–Trinajstić information content (AvgIpc) is 2.75. The van der Waals surface area contributed by atoms with Gasteiger partial charge in [0.2, 0.25) is 5.91 Å². The molecule has 1 aromatic carbocycles. The molecule has 0 bridgehead atoms. The Morgan fingerprint density at radius 2 is 1.79 bits per heavy atom. The predicted octanol–water partition coefficient (Wildman–Crippen LogP) is 3.86. The lowest BCUT2D eigenvalue weighted by molar-refractivity contribution is -0.148. The van der Waals surface area contributed by atoms with Gasteiger partial charge in [-0.3, -0.25) is 9.59 Å². The molecule has 33 heavy (non-hydrogen) atoms. The van der Waals surface area contributed by atoms with Gasteiger partial charge in [0.05, 0.1) is 44.1 Å². The molecule has 0 radical (unpaired) electrons. The molecule has 1 amide bonds. The van der Waals surface area contributed by atoms with Crippen molar-refractivity contribution in [1.29, 1.82) is 0 Å². The van der Waals surface area contributed by atoms with Crippen LogP contribution in [0.4, 0.5) is 13.2 Å². The van der Waals surface area contributed by atoms with Crippen LogP contribution >= 0.6 is 0 Å². The number of rotatable bonds is 9. The van der Waals surface area contributed by atoms with Crippen molar-refractivity contribution in [3.63, 3.8) is 0 Å². The Morgan fingerprint density at radius 3 is 2.36 bits per heavy atom. The van der Waals surface area contributed by atoms with E-state index >= 15 is 0 Å². The molecule has 1 aliphatic heterocycles. The molecule has 7 nitrogen and oxygen atoms in total. The van der Waals surface area contributed by atoms with E-state index in [4.69, 9.17) is 14.2 Å². The Balaban J connectivity index is 2.38. The number of carbonyl (C=O) groups is 3. The molecule has 0 atom stereocenters. The maximum absolute atomic E-state index is 13.0. The Labute approximate surface area is 190 Å². The first-order valence-corrected chi connectivity index (χ1v) is 10.6. The number of nitrogens with zero attached hydrogens (tertiary/aromatic N) is 1. The van der Waals surface area contributed by atoms with Crippen LogP contribution in [0.15, 0.2) is 35.5 Å². The summed E-state index contributed by atoms with van der Waals surface area (Å²) in [6.07, 6.45) is -4.87. The molecule has 0 spiro atoms. The van der Waals surface area contributed by atoms with E-state index in [0.29, 0.717) is 11.3 Å². The fourth-order valence-electron chi connectivity index (χ4n) is 3.13. The number of amides is 1. The summed E-state index contributed by atoms with van der Waals surface area (Å²) in [5.41, 5.74) is 0.0446. The predicted molar refractivity (Wildman–Crippen MR) is 112 cm³/mol. The first kappa shape index (κ1) is 26.4. The minimum absolute atomic E-state index is 0.0809. The number of esters is 2. The number of carbonyl (C=O) groups excluding carboxylic acids is 3. The average molecular weight is 471 g/mol. The zero-order valence-electron chi connectivity index (χ0n) is 18.9. The second-order valence-corrected chi connectivity index (χ2v) is 7.88. The monoisotopic (exact) mass is 471 g/mol. The van der Waals surface area contributed by atoms with Crippen LogP contribution in [-0.2, 0) is 41.3 Å². The number of halogens is 3. The summed E-state index contributed by atoms with van der Waals surface area (Å²) in [5, 5.41) is 0. The number of alkyl halides is 3. The van der Waals surface area contributed by atoms with E-state index in [9.17, 15) is 27.6 Å². The van der Waals surface area contributed by atoms with Gasteiger partial charge in [-0.15, -0.1) is 0 Å². The van der Waals surface area contributed by atoms with E-state index in [1.807, 2.05) is 13.8 Å². The Bertz CT molecular complexity index is 877. The van der Waals surface area contributed by atoms with Crippen LogP contribution < -0.4 is 0 Å². The van der Waals surface area contributed by atoms with Crippen molar-refractivity contribution in [1.82, 2.24) is 4.90 Å². The fourth-order valence-corrected chi connectivity index (χ4v) is 3.13. The normalized spacial score (nSPS) is 14.3. The highest BCUT2D eigenvalue weighted by molar-refractivity contribution is 5.96. The third kappa shape index (κ3) is 7.88. The Kier molecular flexibility index (Phi) is 9.45. The third-order valence-electron chi connectivity index (χ3n) is 4.72. The molecular formula is C23H28F3NO6. The van der Waals surface area contributed by atoms with Crippen molar-refractivity contribution in [2.75, 3.05) is 26.4 Å². The van der Waals surface area contributed by atoms with Gasteiger partial charge in [-0.25, -0.2) is 4.79 Å². The van der Waals surface area contributed by atoms with Crippen LogP contribution in [0.5, 0.6) is 0 Å². The topological polar surface area (TPSA) is 82.1 Å². The lowest BCUT2D eigenvalue weighted by atomic mass is 10.1. The molecule has 0 fully saturated rings. The molecule has 0 N–H and O–H groups in total. The van der Waals surface area contributed by atoms with Crippen LogP contribution in [0.2, 0.25) is 0 Å². The van der Waals surface area contributed by atoms with Crippen molar-refractivity contribution in [3.05, 3.63) is 46.7 Å². The Hall–Kier alpha value is -2.88. The van der Waals surface area contributed by atoms with E-state index < -0.39 is 36.0 Å². The maximum atomic E-state index is 13.0. The SMILES string of the molecule is CCOC(=O)CC(=O)N(Cc1ccc(C(F)(F)F)cc1)C1=C(C(=O)OCC(C)C)COCC1. The maximum Gasteiger partial charge on any atom is 0.416 e. The van der Waals surface area contributed by atoms with Gasteiger partial charge in [0.15, 0.2) is 0 Å². The summed E-state index contributed by atoms with van der Waals surface area (Å²) in [5.74, 6) is -1.92. The smallest absolute Gasteiger partial charge is 0.416 e. The lowest BCUT2D eigenvalue weighted by Gasteiger charge is -2.30. The van der Waals surface area contributed by atoms with E-state index in [0.717, 1.165) is 12.1 Å². The quantitative estimate of drug-likeness (QED) is 0.402. The van der Waals surface area contributed by atoms with E-state index in [-0.39, 0.29) is 50.9 Å². The fraction of sp³-hybridized carbons (Fsp3) is 0.522. The number of ether oxygens (including phenoxy) is 3. The molecule has 1 aromatic rings. The van der Waals surface area contributed by atoms with Crippen molar-refractivity contribution in [3.8, 4) is 0 Å². The third-order valence-corrected chi connectivity index (χ3v) is 4.72. The van der Waals surface area contributed by atoms with Gasteiger partial charge in [-0.1, -0.05) is 26.0 Å². The van der Waals surface area contributed by atoms with Gasteiger partial charge in [-0.05, 0) is 30.5 Å². The number of hydrogen-bond donors (Lipinski definition) is 0. The molecule has 2 rings (SSSR count). The highest BCUT2D eigenvalue weighted by atomic mass is 19.4. The van der Waals surface area contributed by atoms with Crippen LogP contribution in [0.3, 0.4) is 0 Å². The molecule has 0 unspecified atom stereocenters. The van der Waals surface area contributed by atoms with Crippen molar-refractivity contribution in [2.45, 2.75) is 46.3 Å². The van der Waals surface area contributed by atoms with Gasteiger partial charge in [0.1, 0.15) is 6.42 Å². The van der Waals surface area contributed by atoms with E-state index in [1.54, 1.807) is 6.92 Å². The molecule has 10 heteroatoms. The molecule has 0 saturated heterocycles. The molecular weight excluding hydrogens is 443 g/mol. The van der Waals surface area contributed by atoms with Crippen molar-refractivity contribution < 1.29 is 41.8 Å². The van der Waals surface area contributed by atoms with Crippen molar-refractivity contribution >= 4 is 17.8 Å². The minimum Gasteiger partial charge on any atom is -0.466 e. The molecule has 0 aliphatic carbocycles. The summed E-state index contributed by atoms with van der Waals surface area (Å²) in [6.45, 7) is 5.63. The van der Waals surface area contributed by atoms with Gasteiger partial charge in [0, 0.05) is 12.1 Å². The second-order valence-electron chi connectivity index (χ2n) is 7.88. The summed E-state index contributed by atoms with van der Waals surface area (Å²) in [6, 6.07) is 4.34. The van der Waals surface area contributed by atoms with Crippen LogP contribution in [0, 0.1) is 5.92 Å². The number of benzene rings is 1. The van der Waals surface area contributed by atoms with Crippen molar-refractivity contribution in [2.24, 2.45) is 5.92 Å². The standard InChI is InChI=1S/C23H28F3NO6/c1-4-32-21(29)11-20(28)27(12-16-5-7-17(8-6-16)23(24,25)26)19-9-10-31-14-18(19)22(30)33-13-15(2)3/h5-8,15H,4,9-14H2,1-3H3. The summed E-state index contributed by atoms with van der Waals surface area (Å²) >= 11 is 0. The van der Waals surface area contributed by atoms with Crippen LogP contribution in [-0.4, -0.2) is 49.2 Å². The molecule has 1 aliphatic rings. The van der Waals surface area contributed by atoms with E-state index in [1.165, 1.54) is 17.0 Å². The summed E-state index contributed by atoms with van der Waals surface area (Å²) < 4.78 is 54.2. The zero-order valence-corrected chi connectivity index (χ0v) is 18.9. The highest BCUT2D eigenvalue weighted by Crippen LogP contribution is 2.30. The van der Waals surface area contributed by atoms with Gasteiger partial charge in [-0.2, -0.15) is 13.2 Å². The molecule has 0 saturated carbocycles. The highest BCUT2D eigenvalue weighted by Gasteiger charge is 2.32. The summed E-state index contributed by atoms with van der Waals surface area (Å²) in [7, 11) is 0. The number of hydrogen-bond acceptors (Lipinski definition) is 6. The first-order valence-electron chi connectivity index (χ1n) is 10.6. The second kappa shape index (κ2) is 11.8. The Morgan fingerprint density at radius 1 is 1.12 bits per heavy atom. The molecule has 182 valence electrons. The van der Waals surface area contributed by atoms with Gasteiger partial charge >= 0.3 is 18.1 Å². The van der Waals surface area contributed by atoms with Crippen LogP contribution in [0.1, 0.15) is 44.7 Å². The first-order chi connectivity index (χ1) is 15.5. The summed E-state index contributed by atoms with van der Waals surface area (Å²) in [4.78, 5) is 38.8. The van der Waals surface area contributed by atoms with E-state index in [2.05, 4.69) is 0 Å².